The van der Waals surface area contributed by atoms with Gasteiger partial charge in [-0.1, -0.05) is 0 Å². The minimum absolute atomic E-state index is 0.0732. The molecule has 0 atom stereocenters. The largest absolute Gasteiger partial charge is 0.394 e. The van der Waals surface area contributed by atoms with Crippen LogP contribution in [0.25, 0.3) is 0 Å². The predicted molar refractivity (Wildman–Crippen MR) is 75.0 cm³/mol. The second-order valence-electron chi connectivity index (χ2n) is 5.11. The molecule has 0 bridgehead atoms. The molecule has 0 spiro atoms. The molecule has 0 aromatic rings. The number of hydrogen-bond acceptors (Lipinski definition) is 5. The van der Waals surface area contributed by atoms with E-state index in [0.29, 0.717) is 26.0 Å². The summed E-state index contributed by atoms with van der Waals surface area (Å²) in [7, 11) is 1.74. The summed E-state index contributed by atoms with van der Waals surface area (Å²) in [6.07, 6.45) is 3.05. The van der Waals surface area contributed by atoms with Crippen LogP contribution in [-0.4, -0.2) is 73.4 Å². The van der Waals surface area contributed by atoms with Crippen LogP contribution in [0.2, 0.25) is 0 Å². The summed E-state index contributed by atoms with van der Waals surface area (Å²) in [5, 5.41) is 17.2. The average Bonchev–Trinajstić information content (AvgIpc) is 2.49. The summed E-state index contributed by atoms with van der Waals surface area (Å²) in [5.41, 5.74) is 0. The van der Waals surface area contributed by atoms with Crippen LogP contribution in [0.4, 0.5) is 0 Å². The van der Waals surface area contributed by atoms with Crippen LogP contribution in [0.1, 0.15) is 25.7 Å². The standard InChI is InChI=1S/C14H25N3O3/c1-16(7-2-6-15)14(19)5-10-17-8-3-13(4-9-17)20-12-11-18/h13,18H,2-5,7-12H2,1H3. The number of piperidine rings is 1. The molecular weight excluding hydrogens is 258 g/mol. The summed E-state index contributed by atoms with van der Waals surface area (Å²) < 4.78 is 5.51. The highest BCUT2D eigenvalue weighted by molar-refractivity contribution is 5.76. The molecule has 0 aromatic heterocycles. The van der Waals surface area contributed by atoms with Crippen LogP contribution < -0.4 is 0 Å². The van der Waals surface area contributed by atoms with E-state index in [0.717, 1.165) is 32.5 Å². The Hall–Kier alpha value is -1.16. The zero-order valence-electron chi connectivity index (χ0n) is 12.3. The molecule has 114 valence electrons. The lowest BCUT2D eigenvalue weighted by molar-refractivity contribution is -0.130. The van der Waals surface area contributed by atoms with E-state index < -0.39 is 0 Å². The highest BCUT2D eigenvalue weighted by Gasteiger charge is 2.20. The summed E-state index contributed by atoms with van der Waals surface area (Å²) >= 11 is 0. The molecule has 0 aliphatic carbocycles. The first-order chi connectivity index (χ1) is 9.67. The first kappa shape index (κ1) is 16.9. The van der Waals surface area contributed by atoms with Gasteiger partial charge < -0.3 is 19.6 Å². The van der Waals surface area contributed by atoms with Gasteiger partial charge >= 0.3 is 0 Å². The molecule has 0 aromatic carbocycles. The zero-order chi connectivity index (χ0) is 14.8. The molecule has 0 saturated carbocycles. The number of carbonyl (C=O) groups is 1. The number of aliphatic hydroxyl groups excluding tert-OH is 1. The number of hydrogen-bond donors (Lipinski definition) is 1. The van der Waals surface area contributed by atoms with E-state index in [9.17, 15) is 4.79 Å². The molecule has 1 heterocycles. The van der Waals surface area contributed by atoms with Gasteiger partial charge in [-0.3, -0.25) is 4.79 Å². The van der Waals surface area contributed by atoms with Gasteiger partial charge in [0.15, 0.2) is 0 Å². The predicted octanol–water partition coefficient (Wildman–Crippen LogP) is 0.222. The van der Waals surface area contributed by atoms with E-state index in [2.05, 4.69) is 4.90 Å². The molecule has 1 N–H and O–H groups in total. The number of nitrogens with zero attached hydrogens (tertiary/aromatic N) is 3. The number of carbonyl (C=O) groups excluding carboxylic acids is 1. The highest BCUT2D eigenvalue weighted by atomic mass is 16.5. The number of amides is 1. The lowest BCUT2D eigenvalue weighted by atomic mass is 10.1. The Kier molecular flexibility index (Phi) is 8.19. The number of likely N-dealkylation sites (tertiary alicyclic amines) is 1. The van der Waals surface area contributed by atoms with Gasteiger partial charge in [-0.05, 0) is 12.8 Å². The SMILES string of the molecule is CN(CCC#N)C(=O)CCN1CCC(OCCO)CC1. The maximum Gasteiger partial charge on any atom is 0.223 e. The van der Waals surface area contributed by atoms with Gasteiger partial charge in [-0.25, -0.2) is 0 Å². The fourth-order valence-electron chi connectivity index (χ4n) is 2.31. The fraction of sp³-hybridized carbons (Fsp3) is 0.857. The van der Waals surface area contributed by atoms with E-state index in [1.165, 1.54) is 0 Å². The summed E-state index contributed by atoms with van der Waals surface area (Å²) in [5.74, 6) is 0.0962. The molecule has 1 aliphatic heterocycles. The monoisotopic (exact) mass is 283 g/mol. The Balaban J connectivity index is 2.14. The van der Waals surface area contributed by atoms with E-state index in [1.807, 2.05) is 6.07 Å². The fourth-order valence-corrected chi connectivity index (χ4v) is 2.31. The third-order valence-corrected chi connectivity index (χ3v) is 3.61. The average molecular weight is 283 g/mol. The van der Waals surface area contributed by atoms with Crippen molar-refractivity contribution in [3.63, 3.8) is 0 Å². The zero-order valence-corrected chi connectivity index (χ0v) is 12.3. The Labute approximate surface area is 120 Å². The van der Waals surface area contributed by atoms with Crippen molar-refractivity contribution in [2.75, 3.05) is 46.4 Å². The van der Waals surface area contributed by atoms with Gasteiger partial charge in [0, 0.05) is 39.6 Å². The van der Waals surface area contributed by atoms with Crippen LogP contribution in [-0.2, 0) is 9.53 Å². The molecular formula is C14H25N3O3. The van der Waals surface area contributed by atoms with Crippen molar-refractivity contribution in [1.82, 2.24) is 9.80 Å². The summed E-state index contributed by atoms with van der Waals surface area (Å²) in [6.45, 7) is 3.63. The summed E-state index contributed by atoms with van der Waals surface area (Å²) in [6, 6.07) is 2.04. The highest BCUT2D eigenvalue weighted by Crippen LogP contribution is 2.13. The quantitative estimate of drug-likeness (QED) is 0.689. The molecule has 6 nitrogen and oxygen atoms in total. The maximum atomic E-state index is 11.8. The Morgan fingerprint density at radius 3 is 2.80 bits per heavy atom. The second kappa shape index (κ2) is 9.70. The van der Waals surface area contributed by atoms with Crippen LogP contribution in [0.15, 0.2) is 0 Å². The number of ether oxygens (including phenoxy) is 1. The third-order valence-electron chi connectivity index (χ3n) is 3.61. The first-order valence-electron chi connectivity index (χ1n) is 7.23. The number of aliphatic hydroxyl groups is 1. The number of rotatable bonds is 8. The normalized spacial score (nSPS) is 16.9. The van der Waals surface area contributed by atoms with Crippen molar-refractivity contribution < 1.29 is 14.6 Å². The van der Waals surface area contributed by atoms with E-state index >= 15 is 0 Å². The van der Waals surface area contributed by atoms with Crippen LogP contribution in [0, 0.1) is 11.3 Å². The lowest BCUT2D eigenvalue weighted by Crippen LogP contribution is -2.39. The Morgan fingerprint density at radius 2 is 2.20 bits per heavy atom. The van der Waals surface area contributed by atoms with E-state index in [-0.39, 0.29) is 18.6 Å². The topological polar surface area (TPSA) is 76.8 Å². The van der Waals surface area contributed by atoms with Crippen LogP contribution in [0.3, 0.4) is 0 Å². The van der Waals surface area contributed by atoms with Crippen molar-refractivity contribution in [1.29, 1.82) is 5.26 Å². The molecule has 1 rings (SSSR count). The third kappa shape index (κ3) is 6.33. The van der Waals surface area contributed by atoms with Crippen molar-refractivity contribution in [3.05, 3.63) is 0 Å². The lowest BCUT2D eigenvalue weighted by Gasteiger charge is -2.31. The van der Waals surface area contributed by atoms with Gasteiger partial charge in [-0.15, -0.1) is 0 Å². The molecule has 1 fully saturated rings. The first-order valence-corrected chi connectivity index (χ1v) is 7.23. The van der Waals surface area contributed by atoms with Crippen LogP contribution in [0.5, 0.6) is 0 Å². The second-order valence-corrected chi connectivity index (χ2v) is 5.11. The van der Waals surface area contributed by atoms with Gasteiger partial charge in [0.25, 0.3) is 0 Å². The van der Waals surface area contributed by atoms with Gasteiger partial charge in [0.1, 0.15) is 0 Å². The molecule has 1 amide bonds. The van der Waals surface area contributed by atoms with Gasteiger partial charge in [-0.2, -0.15) is 5.26 Å². The Bertz CT molecular complexity index is 322. The van der Waals surface area contributed by atoms with E-state index in [1.54, 1.807) is 11.9 Å². The molecule has 0 unspecified atom stereocenters. The smallest absolute Gasteiger partial charge is 0.223 e. The van der Waals surface area contributed by atoms with Crippen molar-refractivity contribution >= 4 is 5.91 Å². The Morgan fingerprint density at radius 1 is 1.50 bits per heavy atom. The maximum absolute atomic E-state index is 11.8. The van der Waals surface area contributed by atoms with Gasteiger partial charge in [0.2, 0.25) is 5.91 Å². The number of nitriles is 1. The van der Waals surface area contributed by atoms with Crippen molar-refractivity contribution in [3.8, 4) is 6.07 Å². The van der Waals surface area contributed by atoms with Crippen LogP contribution >= 0.6 is 0 Å². The molecule has 20 heavy (non-hydrogen) atoms. The molecule has 6 heteroatoms. The van der Waals surface area contributed by atoms with E-state index in [4.69, 9.17) is 15.1 Å². The molecule has 1 saturated heterocycles. The van der Waals surface area contributed by atoms with Crippen molar-refractivity contribution in [2.24, 2.45) is 0 Å². The van der Waals surface area contributed by atoms with Crippen molar-refractivity contribution in [2.45, 2.75) is 31.8 Å². The molecule has 1 aliphatic rings. The van der Waals surface area contributed by atoms with Gasteiger partial charge in [0.05, 0.1) is 31.8 Å². The minimum Gasteiger partial charge on any atom is -0.394 e. The summed E-state index contributed by atoms with van der Waals surface area (Å²) in [4.78, 5) is 15.7. The minimum atomic E-state index is 0.0732. The molecule has 0 radical (unpaired) electrons.